The van der Waals surface area contributed by atoms with E-state index >= 15 is 0 Å². The average molecular weight is 181 g/mol. The lowest BCUT2D eigenvalue weighted by atomic mass is 9.86. The van der Waals surface area contributed by atoms with Crippen LogP contribution in [0.15, 0.2) is 12.2 Å². The summed E-state index contributed by atoms with van der Waals surface area (Å²) in [6.45, 7) is 3.78. The van der Waals surface area contributed by atoms with Gasteiger partial charge in [-0.25, -0.2) is 0 Å². The van der Waals surface area contributed by atoms with Gasteiger partial charge in [-0.15, -0.1) is 0 Å². The van der Waals surface area contributed by atoms with Gasteiger partial charge in [0.1, 0.15) is 0 Å². The zero-order chi connectivity index (χ0) is 9.68. The second kappa shape index (κ2) is 5.05. The molecule has 0 saturated heterocycles. The zero-order valence-electron chi connectivity index (χ0n) is 8.22. The van der Waals surface area contributed by atoms with Crippen molar-refractivity contribution >= 4 is 5.91 Å². The van der Waals surface area contributed by atoms with Crippen LogP contribution < -0.4 is 5.73 Å². The summed E-state index contributed by atoms with van der Waals surface area (Å²) < 4.78 is 0. The van der Waals surface area contributed by atoms with Crippen molar-refractivity contribution in [1.82, 2.24) is 0 Å². The molecule has 1 fully saturated rings. The maximum absolute atomic E-state index is 10.9. The molecule has 1 saturated carbocycles. The van der Waals surface area contributed by atoms with Gasteiger partial charge in [-0.05, 0) is 18.8 Å². The summed E-state index contributed by atoms with van der Waals surface area (Å²) in [7, 11) is 0. The summed E-state index contributed by atoms with van der Waals surface area (Å²) in [6, 6.07) is 0. The Morgan fingerprint density at radius 3 is 2.00 bits per heavy atom. The lowest BCUT2D eigenvalue weighted by Gasteiger charge is -2.19. The molecular formula is C11H19NO. The molecule has 1 amide bonds. The van der Waals surface area contributed by atoms with E-state index < -0.39 is 0 Å². The van der Waals surface area contributed by atoms with Gasteiger partial charge in [0, 0.05) is 5.57 Å². The number of amides is 1. The molecule has 0 bridgehead atoms. The number of rotatable bonds is 2. The quantitative estimate of drug-likeness (QED) is 0.653. The van der Waals surface area contributed by atoms with Gasteiger partial charge in [0.15, 0.2) is 0 Å². The molecule has 0 spiro atoms. The summed E-state index contributed by atoms with van der Waals surface area (Å²) in [5.41, 5.74) is 5.86. The van der Waals surface area contributed by atoms with Crippen LogP contribution in [0.5, 0.6) is 0 Å². The molecule has 2 N–H and O–H groups in total. The average Bonchev–Trinajstić information content (AvgIpc) is 2.02. The van der Waals surface area contributed by atoms with Crippen LogP contribution in [0.25, 0.3) is 0 Å². The monoisotopic (exact) mass is 181 g/mol. The summed E-state index contributed by atoms with van der Waals surface area (Å²) in [5, 5.41) is 0. The fourth-order valence-electron chi connectivity index (χ4n) is 2.01. The first-order chi connectivity index (χ1) is 6.22. The second-order valence-corrected chi connectivity index (χ2v) is 3.93. The Labute approximate surface area is 80.2 Å². The molecule has 1 aliphatic carbocycles. The summed E-state index contributed by atoms with van der Waals surface area (Å²) in [5.74, 6) is 0.0448. The number of hydrogen-bond acceptors (Lipinski definition) is 1. The van der Waals surface area contributed by atoms with Crippen molar-refractivity contribution in [1.29, 1.82) is 0 Å². The molecular weight excluding hydrogens is 162 g/mol. The van der Waals surface area contributed by atoms with E-state index in [2.05, 4.69) is 6.58 Å². The Balaban J connectivity index is 2.45. The molecule has 0 aromatic rings. The van der Waals surface area contributed by atoms with Crippen LogP contribution in [-0.2, 0) is 4.79 Å². The zero-order valence-corrected chi connectivity index (χ0v) is 8.22. The molecule has 13 heavy (non-hydrogen) atoms. The van der Waals surface area contributed by atoms with Gasteiger partial charge in [-0.1, -0.05) is 38.7 Å². The van der Waals surface area contributed by atoms with Gasteiger partial charge in [-0.3, -0.25) is 4.79 Å². The fraction of sp³-hybridized carbons (Fsp3) is 0.727. The fourth-order valence-corrected chi connectivity index (χ4v) is 2.01. The summed E-state index contributed by atoms with van der Waals surface area (Å²) in [6.07, 6.45) is 8.57. The van der Waals surface area contributed by atoms with E-state index in [1.165, 1.54) is 32.1 Å². The normalized spacial score (nSPS) is 20.3. The third-order valence-electron chi connectivity index (χ3n) is 2.91. The minimum atomic E-state index is -0.314. The minimum absolute atomic E-state index is 0.314. The highest BCUT2D eigenvalue weighted by Gasteiger charge is 2.17. The van der Waals surface area contributed by atoms with E-state index in [0.29, 0.717) is 11.5 Å². The van der Waals surface area contributed by atoms with Crippen molar-refractivity contribution in [2.24, 2.45) is 11.7 Å². The molecule has 2 nitrogen and oxygen atoms in total. The van der Waals surface area contributed by atoms with Crippen LogP contribution in [0.4, 0.5) is 0 Å². The van der Waals surface area contributed by atoms with Crippen LogP contribution in [0.2, 0.25) is 0 Å². The Hall–Kier alpha value is -0.790. The number of carbonyl (C=O) groups excluding carboxylic acids is 1. The highest BCUT2D eigenvalue weighted by atomic mass is 16.1. The SMILES string of the molecule is C=C(C(N)=O)C1CCCCCCC1. The number of hydrogen-bond donors (Lipinski definition) is 1. The van der Waals surface area contributed by atoms with Gasteiger partial charge in [0.2, 0.25) is 5.91 Å². The van der Waals surface area contributed by atoms with E-state index in [-0.39, 0.29) is 5.91 Å². The first-order valence-corrected chi connectivity index (χ1v) is 5.20. The molecule has 0 heterocycles. The Bertz CT molecular complexity index is 190. The lowest BCUT2D eigenvalue weighted by Crippen LogP contribution is -2.20. The van der Waals surface area contributed by atoms with Gasteiger partial charge in [0.05, 0.1) is 0 Å². The highest BCUT2D eigenvalue weighted by Crippen LogP contribution is 2.26. The molecule has 1 rings (SSSR count). The second-order valence-electron chi connectivity index (χ2n) is 3.93. The van der Waals surface area contributed by atoms with E-state index in [4.69, 9.17) is 5.73 Å². The maximum atomic E-state index is 10.9. The van der Waals surface area contributed by atoms with Gasteiger partial charge >= 0.3 is 0 Å². The van der Waals surface area contributed by atoms with Crippen molar-refractivity contribution in [2.45, 2.75) is 44.9 Å². The smallest absolute Gasteiger partial charge is 0.244 e. The molecule has 0 radical (unpaired) electrons. The first-order valence-electron chi connectivity index (χ1n) is 5.20. The minimum Gasteiger partial charge on any atom is -0.366 e. The van der Waals surface area contributed by atoms with Gasteiger partial charge in [-0.2, -0.15) is 0 Å². The van der Waals surface area contributed by atoms with Crippen LogP contribution in [0.1, 0.15) is 44.9 Å². The molecule has 0 unspecified atom stereocenters. The van der Waals surface area contributed by atoms with E-state index in [1.54, 1.807) is 0 Å². The third-order valence-corrected chi connectivity index (χ3v) is 2.91. The molecule has 0 aliphatic heterocycles. The van der Waals surface area contributed by atoms with Crippen LogP contribution in [-0.4, -0.2) is 5.91 Å². The number of carbonyl (C=O) groups is 1. The van der Waals surface area contributed by atoms with Crippen molar-refractivity contribution in [3.63, 3.8) is 0 Å². The third kappa shape index (κ3) is 3.21. The largest absolute Gasteiger partial charge is 0.366 e. The topological polar surface area (TPSA) is 43.1 Å². The maximum Gasteiger partial charge on any atom is 0.244 e. The van der Waals surface area contributed by atoms with E-state index in [9.17, 15) is 4.79 Å². The van der Waals surface area contributed by atoms with Gasteiger partial charge < -0.3 is 5.73 Å². The van der Waals surface area contributed by atoms with Gasteiger partial charge in [0.25, 0.3) is 0 Å². The summed E-state index contributed by atoms with van der Waals surface area (Å²) in [4.78, 5) is 10.9. The standard InChI is InChI=1S/C11H19NO/c1-9(11(12)13)10-7-5-3-2-4-6-8-10/h10H,1-8H2,(H2,12,13). The van der Waals surface area contributed by atoms with E-state index in [0.717, 1.165) is 12.8 Å². The Morgan fingerprint density at radius 1 is 1.08 bits per heavy atom. The van der Waals surface area contributed by atoms with Crippen LogP contribution in [0.3, 0.4) is 0 Å². The molecule has 0 aromatic heterocycles. The Kier molecular flexibility index (Phi) is 4.00. The predicted octanol–water partition coefficient (Wildman–Crippen LogP) is 2.39. The molecule has 1 aliphatic rings. The Morgan fingerprint density at radius 2 is 1.54 bits per heavy atom. The van der Waals surface area contributed by atoms with E-state index in [1.807, 2.05) is 0 Å². The number of primary amides is 1. The van der Waals surface area contributed by atoms with Crippen LogP contribution >= 0.6 is 0 Å². The van der Waals surface area contributed by atoms with Crippen molar-refractivity contribution in [3.05, 3.63) is 12.2 Å². The van der Waals surface area contributed by atoms with Crippen LogP contribution in [0, 0.1) is 5.92 Å². The van der Waals surface area contributed by atoms with Crippen molar-refractivity contribution in [2.75, 3.05) is 0 Å². The highest BCUT2D eigenvalue weighted by molar-refractivity contribution is 5.91. The molecule has 74 valence electrons. The molecule has 0 atom stereocenters. The lowest BCUT2D eigenvalue weighted by molar-refractivity contribution is -0.115. The van der Waals surface area contributed by atoms with Crippen molar-refractivity contribution in [3.8, 4) is 0 Å². The molecule has 0 aromatic carbocycles. The predicted molar refractivity (Wildman–Crippen MR) is 54.1 cm³/mol. The number of nitrogens with two attached hydrogens (primary N) is 1. The first kappa shape index (κ1) is 10.3. The van der Waals surface area contributed by atoms with Crippen molar-refractivity contribution < 1.29 is 4.79 Å². The summed E-state index contributed by atoms with van der Waals surface area (Å²) >= 11 is 0. The molecule has 2 heteroatoms.